The summed E-state index contributed by atoms with van der Waals surface area (Å²) in [5.74, 6) is 1.68. The summed E-state index contributed by atoms with van der Waals surface area (Å²) in [5.41, 5.74) is 3.14. The minimum Gasteiger partial charge on any atom is -0.494 e. The zero-order valence-corrected chi connectivity index (χ0v) is 18.0. The second kappa shape index (κ2) is 9.43. The number of carbonyl (C=O) groups excluding carboxylic acids is 1. The van der Waals surface area contributed by atoms with Crippen LogP contribution in [0.1, 0.15) is 50.3 Å². The molecule has 2 heterocycles. The van der Waals surface area contributed by atoms with Gasteiger partial charge >= 0.3 is 0 Å². The zero-order chi connectivity index (χ0) is 20.9. The van der Waals surface area contributed by atoms with Gasteiger partial charge in [0.05, 0.1) is 24.9 Å². The van der Waals surface area contributed by atoms with Crippen molar-refractivity contribution < 1.29 is 9.53 Å². The van der Waals surface area contributed by atoms with Crippen LogP contribution in [0.3, 0.4) is 0 Å². The number of nitrogens with zero attached hydrogens (tertiary/aromatic N) is 3. The molecule has 1 unspecified atom stereocenters. The Morgan fingerprint density at radius 1 is 1.07 bits per heavy atom. The SMILES string of the molecule is CCOc1ccc(C2CC(c3ccccc3)=NN2C(=O)CN2CCC(C)CC2)cc1. The summed E-state index contributed by atoms with van der Waals surface area (Å²) >= 11 is 0. The molecule has 0 saturated carbocycles. The highest BCUT2D eigenvalue weighted by molar-refractivity contribution is 6.03. The predicted molar refractivity (Wildman–Crippen MR) is 120 cm³/mol. The van der Waals surface area contributed by atoms with Gasteiger partial charge in [-0.15, -0.1) is 0 Å². The van der Waals surface area contributed by atoms with Gasteiger partial charge in [0.1, 0.15) is 5.75 Å². The van der Waals surface area contributed by atoms with Gasteiger partial charge in [0.25, 0.3) is 5.91 Å². The Labute approximate surface area is 179 Å². The second-order valence-corrected chi connectivity index (χ2v) is 8.33. The van der Waals surface area contributed by atoms with Gasteiger partial charge in [-0.05, 0) is 62.0 Å². The maximum absolute atomic E-state index is 13.3. The number of amides is 1. The van der Waals surface area contributed by atoms with Crippen molar-refractivity contribution >= 4 is 11.6 Å². The number of benzene rings is 2. The summed E-state index contributed by atoms with van der Waals surface area (Å²) in [4.78, 5) is 15.5. The van der Waals surface area contributed by atoms with Crippen LogP contribution in [0.15, 0.2) is 59.7 Å². The van der Waals surface area contributed by atoms with E-state index in [1.54, 1.807) is 5.01 Å². The highest BCUT2D eigenvalue weighted by Crippen LogP contribution is 2.34. The third kappa shape index (κ3) is 4.73. The van der Waals surface area contributed by atoms with E-state index in [0.717, 1.165) is 60.9 Å². The molecule has 4 rings (SSSR count). The zero-order valence-electron chi connectivity index (χ0n) is 18.0. The molecule has 2 aromatic rings. The van der Waals surface area contributed by atoms with Gasteiger partial charge in [-0.3, -0.25) is 9.69 Å². The van der Waals surface area contributed by atoms with Gasteiger partial charge in [0, 0.05) is 6.42 Å². The van der Waals surface area contributed by atoms with Crippen LogP contribution in [0.25, 0.3) is 0 Å². The Kier molecular flexibility index (Phi) is 6.48. The Hall–Kier alpha value is -2.66. The van der Waals surface area contributed by atoms with Crippen LogP contribution >= 0.6 is 0 Å². The lowest BCUT2D eigenvalue weighted by Gasteiger charge is -2.31. The first-order chi connectivity index (χ1) is 14.6. The molecule has 5 nitrogen and oxygen atoms in total. The summed E-state index contributed by atoms with van der Waals surface area (Å²) in [6.45, 7) is 7.33. The van der Waals surface area contributed by atoms with Gasteiger partial charge in [-0.1, -0.05) is 49.4 Å². The fourth-order valence-corrected chi connectivity index (χ4v) is 4.24. The monoisotopic (exact) mass is 405 g/mol. The van der Waals surface area contributed by atoms with Crippen LogP contribution in [-0.4, -0.2) is 47.8 Å². The molecule has 1 amide bonds. The maximum atomic E-state index is 13.3. The summed E-state index contributed by atoms with van der Waals surface area (Å²) in [6, 6.07) is 18.2. The number of rotatable bonds is 6. The van der Waals surface area contributed by atoms with Gasteiger partial charge < -0.3 is 4.74 Å². The van der Waals surface area contributed by atoms with Crippen LogP contribution < -0.4 is 4.74 Å². The molecule has 5 heteroatoms. The average molecular weight is 406 g/mol. The molecule has 1 saturated heterocycles. The first-order valence-corrected chi connectivity index (χ1v) is 11.0. The summed E-state index contributed by atoms with van der Waals surface area (Å²) in [6.07, 6.45) is 3.04. The molecule has 1 atom stereocenters. The van der Waals surface area contributed by atoms with E-state index >= 15 is 0 Å². The van der Waals surface area contributed by atoms with E-state index in [9.17, 15) is 4.79 Å². The standard InChI is InChI=1S/C25H31N3O2/c1-3-30-22-11-9-21(10-12-22)24-17-23(20-7-5-4-6-8-20)26-28(24)25(29)18-27-15-13-19(2)14-16-27/h4-12,19,24H,3,13-18H2,1-2H3. The largest absolute Gasteiger partial charge is 0.494 e. The Balaban J connectivity index is 1.55. The van der Waals surface area contributed by atoms with Crippen LogP contribution in [0, 0.1) is 5.92 Å². The first kappa shape index (κ1) is 20.6. The van der Waals surface area contributed by atoms with E-state index in [2.05, 4.69) is 36.1 Å². The third-order valence-electron chi connectivity index (χ3n) is 6.08. The van der Waals surface area contributed by atoms with Crippen LogP contribution in [0.5, 0.6) is 5.75 Å². The number of ether oxygens (including phenoxy) is 1. The third-order valence-corrected chi connectivity index (χ3v) is 6.08. The fourth-order valence-electron chi connectivity index (χ4n) is 4.24. The van der Waals surface area contributed by atoms with Gasteiger partial charge in [0.2, 0.25) is 0 Å². The molecule has 2 aliphatic rings. The van der Waals surface area contributed by atoms with Crippen LogP contribution in [-0.2, 0) is 4.79 Å². The van der Waals surface area contributed by atoms with Crippen molar-refractivity contribution in [3.8, 4) is 5.75 Å². The number of piperidine rings is 1. The van der Waals surface area contributed by atoms with Gasteiger partial charge in [-0.2, -0.15) is 5.10 Å². The minimum absolute atomic E-state index is 0.0768. The molecule has 0 N–H and O–H groups in total. The molecule has 1 fully saturated rings. The molecule has 158 valence electrons. The molecule has 2 aromatic carbocycles. The summed E-state index contributed by atoms with van der Waals surface area (Å²) < 4.78 is 5.58. The normalized spacial score (nSPS) is 20.3. The second-order valence-electron chi connectivity index (χ2n) is 8.33. The Morgan fingerprint density at radius 3 is 2.43 bits per heavy atom. The summed E-state index contributed by atoms with van der Waals surface area (Å²) in [7, 11) is 0. The molecule has 30 heavy (non-hydrogen) atoms. The van der Waals surface area contributed by atoms with Crippen molar-refractivity contribution in [1.82, 2.24) is 9.91 Å². The number of likely N-dealkylation sites (tertiary alicyclic amines) is 1. The lowest BCUT2D eigenvalue weighted by Crippen LogP contribution is -2.41. The minimum atomic E-state index is -0.0768. The predicted octanol–water partition coefficient (Wildman–Crippen LogP) is 4.49. The molecule has 0 aromatic heterocycles. The average Bonchev–Trinajstić information content (AvgIpc) is 3.22. The van der Waals surface area contributed by atoms with Crippen LogP contribution in [0.2, 0.25) is 0 Å². The van der Waals surface area contributed by atoms with Crippen molar-refractivity contribution in [3.63, 3.8) is 0 Å². The van der Waals surface area contributed by atoms with E-state index in [-0.39, 0.29) is 11.9 Å². The quantitative estimate of drug-likeness (QED) is 0.711. The highest BCUT2D eigenvalue weighted by Gasteiger charge is 2.34. The van der Waals surface area contributed by atoms with E-state index in [1.807, 2.05) is 37.3 Å². The lowest BCUT2D eigenvalue weighted by molar-refractivity contribution is -0.134. The van der Waals surface area contributed by atoms with Crippen molar-refractivity contribution in [2.45, 2.75) is 39.2 Å². The van der Waals surface area contributed by atoms with E-state index in [4.69, 9.17) is 9.84 Å². The Bertz CT molecular complexity index is 871. The van der Waals surface area contributed by atoms with Crippen molar-refractivity contribution in [2.24, 2.45) is 11.0 Å². The van der Waals surface area contributed by atoms with Crippen molar-refractivity contribution in [2.75, 3.05) is 26.2 Å². The highest BCUT2D eigenvalue weighted by atomic mass is 16.5. The van der Waals surface area contributed by atoms with Gasteiger partial charge in [0.15, 0.2) is 0 Å². The molecule has 2 aliphatic heterocycles. The molecule has 0 spiro atoms. The lowest BCUT2D eigenvalue weighted by atomic mass is 9.98. The fraction of sp³-hybridized carbons (Fsp3) is 0.440. The maximum Gasteiger partial charge on any atom is 0.257 e. The molecule has 0 radical (unpaired) electrons. The molecule has 0 bridgehead atoms. The number of carbonyl (C=O) groups is 1. The number of hydrazone groups is 1. The van der Waals surface area contributed by atoms with E-state index < -0.39 is 0 Å². The van der Waals surface area contributed by atoms with Crippen molar-refractivity contribution in [1.29, 1.82) is 0 Å². The Morgan fingerprint density at radius 2 is 1.77 bits per heavy atom. The summed E-state index contributed by atoms with van der Waals surface area (Å²) in [5, 5.41) is 6.52. The smallest absolute Gasteiger partial charge is 0.257 e. The first-order valence-electron chi connectivity index (χ1n) is 11.0. The topological polar surface area (TPSA) is 45.1 Å². The number of hydrogen-bond donors (Lipinski definition) is 0. The molecular formula is C25H31N3O2. The van der Waals surface area contributed by atoms with Crippen molar-refractivity contribution in [3.05, 3.63) is 65.7 Å². The molecular weight excluding hydrogens is 374 g/mol. The van der Waals surface area contributed by atoms with E-state index in [1.165, 1.54) is 0 Å². The number of hydrogen-bond acceptors (Lipinski definition) is 4. The molecule has 0 aliphatic carbocycles. The van der Waals surface area contributed by atoms with Crippen LogP contribution in [0.4, 0.5) is 0 Å². The van der Waals surface area contributed by atoms with E-state index in [0.29, 0.717) is 13.2 Å². The van der Waals surface area contributed by atoms with Gasteiger partial charge in [-0.25, -0.2) is 5.01 Å².